The molecule has 0 aliphatic rings. The number of carboxylic acid groups (broad SMARTS) is 3. The van der Waals surface area contributed by atoms with Crippen molar-refractivity contribution in [2.75, 3.05) is 7.11 Å². The minimum Gasteiger partial charge on any atom is -0.705 e. The van der Waals surface area contributed by atoms with Gasteiger partial charge in [0.15, 0.2) is 11.6 Å². The smallest absolute Gasteiger partial charge is 0.705 e. The monoisotopic (exact) mass is 841 g/mol. The third-order valence-electron chi connectivity index (χ3n) is 7.56. The van der Waals surface area contributed by atoms with E-state index in [2.05, 4.69) is 39.6 Å². The van der Waals surface area contributed by atoms with E-state index in [-0.39, 0.29) is 48.2 Å². The summed E-state index contributed by atoms with van der Waals surface area (Å²) in [6.45, 7) is 0. The summed E-state index contributed by atoms with van der Waals surface area (Å²) >= 11 is 0. The molecule has 0 atom stereocenters. The summed E-state index contributed by atoms with van der Waals surface area (Å²) in [6.07, 6.45) is 8.16. The van der Waals surface area contributed by atoms with Crippen LogP contribution in [0.4, 0.5) is 0 Å². The standard InChI is InChI=1S/C14H10N4.C13H13N2O4.C12H8N2O4.Ru/c1-2-6-10-9(5-1)15-13(16-10)14-17-11-7-3-4-8-12(11)18-14;1-19-13(18)9(4-6-14)2-3-11-8-10(12(16)17)5-7-15-11;15-11(16)7-1-3-13-9(5-7)10-6-8(12(17)18)2-4-14-10;/h1-8H,(H,15,16)(H,17,18);2,4-8,14H,3H2,1H3,(H,16,17);1-6H,(H,15,16)(H,17,18);/q;-1;;+1/b;6-4-,9-2+;;. The Morgan fingerprint density at radius 2 is 1.12 bits per heavy atom. The van der Waals surface area contributed by atoms with E-state index in [4.69, 9.17) is 21.1 Å². The largest absolute Gasteiger partial charge is 1.00 e. The predicted octanol–water partition coefficient (Wildman–Crippen LogP) is 6.63. The van der Waals surface area contributed by atoms with E-state index >= 15 is 0 Å². The molecule has 0 bridgehead atoms. The fourth-order valence-electron chi connectivity index (χ4n) is 4.90. The summed E-state index contributed by atoms with van der Waals surface area (Å²) in [6, 6.07) is 24.1. The van der Waals surface area contributed by atoms with Crippen LogP contribution < -0.4 is 0 Å². The Labute approximate surface area is 330 Å². The second-order valence-electron chi connectivity index (χ2n) is 11.2. The van der Waals surface area contributed by atoms with Gasteiger partial charge in [0.1, 0.15) is 0 Å². The number of para-hydroxylation sites is 4. The number of nitrogens with zero attached hydrogens (tertiary/aromatic N) is 5. The molecule has 0 amide bonds. The zero-order valence-electron chi connectivity index (χ0n) is 29.2. The van der Waals surface area contributed by atoms with Crippen molar-refractivity contribution in [1.82, 2.24) is 34.9 Å². The quantitative estimate of drug-likeness (QED) is 0.0443. The van der Waals surface area contributed by atoms with Crippen LogP contribution in [-0.4, -0.2) is 81.2 Å². The molecule has 0 saturated carbocycles. The first-order chi connectivity index (χ1) is 26.6. The number of aromatic carboxylic acids is 3. The van der Waals surface area contributed by atoms with Crippen molar-refractivity contribution >= 4 is 45.9 Å². The molecule has 0 unspecified atom stereocenters. The zero-order chi connectivity index (χ0) is 39.3. The van der Waals surface area contributed by atoms with Gasteiger partial charge in [-0.05, 0) is 60.7 Å². The number of fused-ring (bicyclic) bond motifs is 2. The number of carboxylic acids is 3. The van der Waals surface area contributed by atoms with Crippen LogP contribution in [0.5, 0.6) is 0 Å². The van der Waals surface area contributed by atoms with E-state index in [0.29, 0.717) is 17.1 Å². The summed E-state index contributed by atoms with van der Waals surface area (Å²) < 4.78 is 4.56. The first-order valence-electron chi connectivity index (χ1n) is 16.2. The minimum absolute atomic E-state index is 0. The molecule has 5 aromatic heterocycles. The van der Waals surface area contributed by atoms with Gasteiger partial charge in [-0.3, -0.25) is 15.0 Å². The van der Waals surface area contributed by atoms with Gasteiger partial charge in [-0.2, -0.15) is 6.20 Å². The summed E-state index contributed by atoms with van der Waals surface area (Å²) in [5.74, 6) is -2.20. The average molecular weight is 841 g/mol. The van der Waals surface area contributed by atoms with Crippen molar-refractivity contribution in [2.24, 2.45) is 0 Å². The number of hydrogen-bond acceptors (Lipinski definition) is 10. The summed E-state index contributed by atoms with van der Waals surface area (Å²) in [7, 11) is 1.25. The maximum Gasteiger partial charge on any atom is 1.00 e. The van der Waals surface area contributed by atoms with Crippen molar-refractivity contribution < 1.29 is 58.7 Å². The molecule has 6 N–H and O–H groups in total. The molecule has 0 spiro atoms. The number of imidazole rings is 2. The first kappa shape index (κ1) is 41.4. The molecule has 0 aliphatic carbocycles. The third kappa shape index (κ3) is 10.8. The Bertz CT molecular complexity index is 2370. The number of aromatic amines is 2. The van der Waals surface area contributed by atoms with Crippen molar-refractivity contribution in [3.8, 4) is 23.0 Å². The van der Waals surface area contributed by atoms with Crippen molar-refractivity contribution in [1.29, 1.82) is 0 Å². The second kappa shape index (κ2) is 19.6. The van der Waals surface area contributed by atoms with Gasteiger partial charge in [-0.15, -0.1) is 0 Å². The van der Waals surface area contributed by atoms with E-state index in [9.17, 15) is 19.2 Å². The maximum atomic E-state index is 11.4. The zero-order valence-corrected chi connectivity index (χ0v) is 31.0. The molecule has 16 nitrogen and oxygen atoms in total. The SMILES string of the molecule is COC(=O)C(/C=C\[NH-])=C/Cc1cc(C(=O)O)ccn1.O=C(O)c1ccnc(-c2cc(C(=O)O)ccn2)c1.[Ru+].c1ccc2[nH]c(-c3nc4ccccc4[nH]3)nc2c1. The number of allylic oxidation sites excluding steroid dienone is 1. The molecule has 17 heteroatoms. The Morgan fingerprint density at radius 3 is 1.55 bits per heavy atom. The number of nitrogens with one attached hydrogen (secondary N) is 3. The first-order valence-corrected chi connectivity index (χ1v) is 16.2. The average Bonchev–Trinajstić information content (AvgIpc) is 3.85. The van der Waals surface area contributed by atoms with Gasteiger partial charge in [0.2, 0.25) is 0 Å². The number of rotatable bonds is 9. The van der Waals surface area contributed by atoms with E-state index < -0.39 is 23.9 Å². The van der Waals surface area contributed by atoms with Crippen LogP contribution in [0.25, 0.3) is 50.8 Å². The summed E-state index contributed by atoms with van der Waals surface area (Å²) in [5, 5.41) is 26.6. The van der Waals surface area contributed by atoms with E-state index in [1.807, 2.05) is 48.5 Å². The molecule has 7 rings (SSSR count). The van der Waals surface area contributed by atoms with Crippen molar-refractivity contribution in [3.05, 3.63) is 156 Å². The molecule has 56 heavy (non-hydrogen) atoms. The summed E-state index contributed by atoms with van der Waals surface area (Å²) in [5.41, 5.74) is 12.5. The van der Waals surface area contributed by atoms with Crippen molar-refractivity contribution in [3.63, 3.8) is 0 Å². The molecule has 5 heterocycles. The molecule has 1 radical (unpaired) electrons. The molecule has 0 aliphatic heterocycles. The molecule has 0 fully saturated rings. The van der Waals surface area contributed by atoms with Crippen LogP contribution in [0.15, 0.2) is 127 Å². The maximum absolute atomic E-state index is 11.4. The fourth-order valence-corrected chi connectivity index (χ4v) is 4.90. The van der Waals surface area contributed by atoms with E-state index in [0.717, 1.165) is 39.9 Å². The normalized spacial score (nSPS) is 10.8. The van der Waals surface area contributed by atoms with Crippen LogP contribution in [0.3, 0.4) is 0 Å². The summed E-state index contributed by atoms with van der Waals surface area (Å²) in [4.78, 5) is 71.3. The molecule has 7 aromatic rings. The van der Waals surface area contributed by atoms with Gasteiger partial charge >= 0.3 is 43.4 Å². The number of esters is 1. The van der Waals surface area contributed by atoms with Crippen LogP contribution in [0.1, 0.15) is 36.8 Å². The Hall–Kier alpha value is -7.39. The molecular formula is C39H31N8O8Ru. The molecular weight excluding hydrogens is 810 g/mol. The predicted molar refractivity (Wildman–Crippen MR) is 201 cm³/mol. The van der Waals surface area contributed by atoms with Gasteiger partial charge in [0, 0.05) is 30.7 Å². The van der Waals surface area contributed by atoms with Gasteiger partial charge in [0.05, 0.1) is 62.8 Å². The number of carbonyl (C=O) groups is 4. The topological polar surface area (TPSA) is 258 Å². The second-order valence-corrected chi connectivity index (χ2v) is 11.2. The number of pyridine rings is 3. The fraction of sp³-hybridized carbons (Fsp3) is 0.0513. The Morgan fingerprint density at radius 1 is 0.679 bits per heavy atom. The number of hydrogen-bond donors (Lipinski definition) is 5. The van der Waals surface area contributed by atoms with Gasteiger partial charge in [0.25, 0.3) is 0 Å². The third-order valence-corrected chi connectivity index (χ3v) is 7.56. The number of H-pyrrole nitrogens is 2. The number of benzene rings is 2. The van der Waals surface area contributed by atoms with Crippen LogP contribution in [0, 0.1) is 0 Å². The minimum atomic E-state index is -1.08. The van der Waals surface area contributed by atoms with Gasteiger partial charge < -0.3 is 35.8 Å². The van der Waals surface area contributed by atoms with Crippen LogP contribution in [-0.2, 0) is 35.4 Å². The molecule has 283 valence electrons. The van der Waals surface area contributed by atoms with E-state index in [1.54, 1.807) is 0 Å². The number of ether oxygens (including phenoxy) is 1. The number of methoxy groups -OCH3 is 1. The van der Waals surface area contributed by atoms with E-state index in [1.165, 1.54) is 74.3 Å². The number of carbonyl (C=O) groups excluding carboxylic acids is 1. The molecule has 2 aromatic carbocycles. The Balaban J connectivity index is 0.000000185. The van der Waals surface area contributed by atoms with Crippen molar-refractivity contribution in [2.45, 2.75) is 6.42 Å². The number of aromatic nitrogens is 7. The van der Waals surface area contributed by atoms with Gasteiger partial charge in [-0.1, -0.05) is 36.4 Å². The van der Waals surface area contributed by atoms with Gasteiger partial charge in [-0.25, -0.2) is 29.1 Å². The van der Waals surface area contributed by atoms with Crippen LogP contribution in [0.2, 0.25) is 0 Å². The van der Waals surface area contributed by atoms with Crippen LogP contribution >= 0.6 is 0 Å². The molecule has 0 saturated heterocycles. The Kier molecular flexibility index (Phi) is 14.5.